The van der Waals surface area contributed by atoms with Gasteiger partial charge in [-0.1, -0.05) is 27.7 Å². The van der Waals surface area contributed by atoms with Crippen molar-refractivity contribution < 1.29 is 4.79 Å². The zero-order valence-electron chi connectivity index (χ0n) is 11.2. The number of carbonyl (C=O) groups excluding carboxylic acids is 1. The summed E-state index contributed by atoms with van der Waals surface area (Å²) < 4.78 is 0. The summed E-state index contributed by atoms with van der Waals surface area (Å²) in [7, 11) is 0. The van der Waals surface area contributed by atoms with Crippen LogP contribution >= 0.6 is 0 Å². The molecule has 0 spiro atoms. The van der Waals surface area contributed by atoms with Gasteiger partial charge < -0.3 is 0 Å². The highest BCUT2D eigenvalue weighted by Gasteiger charge is 2.43. The van der Waals surface area contributed by atoms with Gasteiger partial charge in [0.1, 0.15) is 6.04 Å². The lowest BCUT2D eigenvalue weighted by Gasteiger charge is -2.46. The third-order valence-electron chi connectivity index (χ3n) is 3.82. The molecule has 17 heavy (non-hydrogen) atoms. The van der Waals surface area contributed by atoms with E-state index >= 15 is 0 Å². The smallest absolute Gasteiger partial charge is 0.183 e. The van der Waals surface area contributed by atoms with Crippen LogP contribution in [-0.2, 0) is 4.79 Å². The lowest BCUT2D eigenvalue weighted by Crippen LogP contribution is -2.40. The van der Waals surface area contributed by atoms with Gasteiger partial charge in [-0.15, -0.1) is 0 Å². The van der Waals surface area contributed by atoms with E-state index in [2.05, 4.69) is 37.9 Å². The molecule has 2 aliphatic rings. The van der Waals surface area contributed by atoms with Crippen LogP contribution in [-0.4, -0.2) is 11.8 Å². The molecule has 0 N–H and O–H groups in total. The predicted molar refractivity (Wildman–Crippen MR) is 67.7 cm³/mol. The van der Waals surface area contributed by atoms with Crippen LogP contribution in [0.4, 0.5) is 0 Å². The summed E-state index contributed by atoms with van der Waals surface area (Å²) in [6.07, 6.45) is 6.41. The van der Waals surface area contributed by atoms with Crippen LogP contribution in [0.15, 0.2) is 22.5 Å². The first-order chi connectivity index (χ1) is 7.79. The Morgan fingerprint density at radius 1 is 1.18 bits per heavy atom. The summed E-state index contributed by atoms with van der Waals surface area (Å²) in [5.74, 6) is 0.466. The van der Waals surface area contributed by atoms with Gasteiger partial charge in [0.15, 0.2) is 5.78 Å². The van der Waals surface area contributed by atoms with Gasteiger partial charge in [0, 0.05) is 6.08 Å². The van der Waals surface area contributed by atoms with E-state index in [1.807, 2.05) is 0 Å². The minimum Gasteiger partial charge on any atom is -0.292 e. The largest absolute Gasteiger partial charge is 0.292 e. The SMILES string of the molecule is CC1(C)CC(C2N=NC=CC2=O)CC(C)(C)C1. The molecule has 1 aliphatic heterocycles. The van der Waals surface area contributed by atoms with Crippen molar-refractivity contribution in [3.05, 3.63) is 12.3 Å². The van der Waals surface area contributed by atoms with Gasteiger partial charge in [0.25, 0.3) is 0 Å². The monoisotopic (exact) mass is 234 g/mol. The number of carbonyl (C=O) groups is 1. The molecule has 1 fully saturated rings. The normalized spacial score (nSPS) is 31.8. The van der Waals surface area contributed by atoms with Crippen LogP contribution in [0.25, 0.3) is 0 Å². The molecule has 0 aromatic carbocycles. The molecule has 0 radical (unpaired) electrons. The average molecular weight is 234 g/mol. The van der Waals surface area contributed by atoms with Gasteiger partial charge >= 0.3 is 0 Å². The molecule has 1 saturated carbocycles. The van der Waals surface area contributed by atoms with E-state index in [-0.39, 0.29) is 11.8 Å². The van der Waals surface area contributed by atoms with Crippen molar-refractivity contribution in [2.45, 2.75) is 53.0 Å². The van der Waals surface area contributed by atoms with Crippen LogP contribution in [0.5, 0.6) is 0 Å². The Morgan fingerprint density at radius 3 is 2.29 bits per heavy atom. The van der Waals surface area contributed by atoms with E-state index in [1.165, 1.54) is 12.6 Å². The molecule has 1 unspecified atom stereocenters. The second-order valence-electron chi connectivity index (χ2n) is 7.07. The second-order valence-corrected chi connectivity index (χ2v) is 7.07. The molecule has 3 heteroatoms. The van der Waals surface area contributed by atoms with Crippen LogP contribution < -0.4 is 0 Å². The molecule has 2 rings (SSSR count). The Balaban J connectivity index is 2.18. The summed E-state index contributed by atoms with van der Waals surface area (Å²) in [5, 5.41) is 8.06. The molecule has 1 aliphatic carbocycles. The van der Waals surface area contributed by atoms with Crippen LogP contribution in [0.1, 0.15) is 47.0 Å². The maximum absolute atomic E-state index is 11.9. The molecule has 0 aromatic heterocycles. The first kappa shape index (κ1) is 12.5. The standard InChI is InChI=1S/C14H22N2O/c1-13(2)7-10(8-14(3,4)9-13)12-11(17)5-6-15-16-12/h5-6,10,12H,7-9H2,1-4H3. The Bertz CT molecular complexity index is 364. The van der Waals surface area contributed by atoms with E-state index < -0.39 is 0 Å². The van der Waals surface area contributed by atoms with Crippen LogP contribution in [0.2, 0.25) is 0 Å². The number of ketones is 1. The van der Waals surface area contributed by atoms with Crippen LogP contribution in [0, 0.1) is 16.7 Å². The summed E-state index contributed by atoms with van der Waals surface area (Å²) in [5.41, 5.74) is 0.590. The zero-order chi connectivity index (χ0) is 12.7. The lowest BCUT2D eigenvalue weighted by molar-refractivity contribution is -0.118. The maximum Gasteiger partial charge on any atom is 0.183 e. The second kappa shape index (κ2) is 4.04. The van der Waals surface area contributed by atoms with Gasteiger partial charge in [0.2, 0.25) is 0 Å². The van der Waals surface area contributed by atoms with Crippen molar-refractivity contribution in [1.82, 2.24) is 0 Å². The Hall–Kier alpha value is -0.990. The minimum absolute atomic E-state index is 0.124. The molecule has 1 atom stereocenters. The van der Waals surface area contributed by atoms with E-state index in [4.69, 9.17) is 0 Å². The Morgan fingerprint density at radius 2 is 1.76 bits per heavy atom. The number of hydrogen-bond acceptors (Lipinski definition) is 3. The van der Waals surface area contributed by atoms with Crippen molar-refractivity contribution in [3.63, 3.8) is 0 Å². The summed E-state index contributed by atoms with van der Waals surface area (Å²) in [6.45, 7) is 9.17. The van der Waals surface area contributed by atoms with Crippen molar-refractivity contribution in [3.8, 4) is 0 Å². The van der Waals surface area contributed by atoms with Crippen molar-refractivity contribution >= 4 is 5.78 Å². The van der Waals surface area contributed by atoms with Crippen molar-refractivity contribution in [1.29, 1.82) is 0 Å². The fourth-order valence-electron chi connectivity index (χ4n) is 3.85. The third kappa shape index (κ3) is 2.82. The van der Waals surface area contributed by atoms with E-state index in [0.29, 0.717) is 16.7 Å². The first-order valence-electron chi connectivity index (χ1n) is 6.40. The van der Waals surface area contributed by atoms with Gasteiger partial charge in [0.05, 0.1) is 6.20 Å². The van der Waals surface area contributed by atoms with Crippen molar-refractivity contribution in [2.24, 2.45) is 27.0 Å². The molecule has 0 bridgehead atoms. The Kier molecular flexibility index (Phi) is 2.96. The maximum atomic E-state index is 11.9. The molecule has 1 heterocycles. The number of nitrogens with zero attached hydrogens (tertiary/aromatic N) is 2. The first-order valence-corrected chi connectivity index (χ1v) is 6.40. The highest BCUT2D eigenvalue weighted by molar-refractivity contribution is 5.95. The van der Waals surface area contributed by atoms with Gasteiger partial charge in [-0.25, -0.2) is 0 Å². The number of rotatable bonds is 1. The molecule has 3 nitrogen and oxygen atoms in total. The van der Waals surface area contributed by atoms with E-state index in [1.54, 1.807) is 6.08 Å². The van der Waals surface area contributed by atoms with Gasteiger partial charge in [-0.2, -0.15) is 10.2 Å². The van der Waals surface area contributed by atoms with Crippen molar-refractivity contribution in [2.75, 3.05) is 0 Å². The minimum atomic E-state index is -0.237. The number of azo groups is 1. The molecular weight excluding hydrogens is 212 g/mol. The van der Waals surface area contributed by atoms with E-state index in [0.717, 1.165) is 12.8 Å². The summed E-state index contributed by atoms with van der Waals surface area (Å²) >= 11 is 0. The molecule has 0 aromatic rings. The van der Waals surface area contributed by atoms with Gasteiger partial charge in [-0.05, 0) is 36.0 Å². The molecular formula is C14H22N2O. The van der Waals surface area contributed by atoms with E-state index in [9.17, 15) is 4.79 Å². The highest BCUT2D eigenvalue weighted by Crippen LogP contribution is 2.49. The lowest BCUT2D eigenvalue weighted by atomic mass is 9.60. The summed E-state index contributed by atoms with van der Waals surface area (Å²) in [6, 6.07) is -0.237. The quantitative estimate of drug-likeness (QED) is 0.681. The third-order valence-corrected chi connectivity index (χ3v) is 3.82. The number of hydrogen-bond donors (Lipinski definition) is 0. The fourth-order valence-corrected chi connectivity index (χ4v) is 3.85. The Labute approximate surface area is 103 Å². The summed E-state index contributed by atoms with van der Waals surface area (Å²) in [4.78, 5) is 11.9. The average Bonchev–Trinajstić information content (AvgIpc) is 2.13. The molecule has 0 saturated heterocycles. The fraction of sp³-hybridized carbons (Fsp3) is 0.786. The molecule has 94 valence electrons. The predicted octanol–water partition coefficient (Wildman–Crippen LogP) is 3.76. The highest BCUT2D eigenvalue weighted by atomic mass is 16.1. The van der Waals surface area contributed by atoms with Crippen LogP contribution in [0.3, 0.4) is 0 Å². The topological polar surface area (TPSA) is 41.8 Å². The zero-order valence-corrected chi connectivity index (χ0v) is 11.2. The molecule has 0 amide bonds. The van der Waals surface area contributed by atoms with Gasteiger partial charge in [-0.3, -0.25) is 4.79 Å².